The predicted molar refractivity (Wildman–Crippen MR) is 312 cm³/mol. The van der Waals surface area contributed by atoms with E-state index < -0.39 is 202 Å². The van der Waals surface area contributed by atoms with E-state index in [1.54, 1.807) is 0 Å². The summed E-state index contributed by atoms with van der Waals surface area (Å²) in [4.78, 5) is 165. The Balaban J connectivity index is 0.902. The molecule has 4 saturated heterocycles. The topological polar surface area (TPSA) is 529 Å². The summed E-state index contributed by atoms with van der Waals surface area (Å²) in [5.41, 5.74) is -6.62. The van der Waals surface area contributed by atoms with Gasteiger partial charge in [0.25, 0.3) is 22.2 Å². The maximum absolute atomic E-state index is 14.0. The van der Waals surface area contributed by atoms with Gasteiger partial charge in [-0.3, -0.25) is 98.7 Å². The summed E-state index contributed by atoms with van der Waals surface area (Å²) in [5, 5.41) is 13.2. The molecule has 44 heteroatoms. The van der Waals surface area contributed by atoms with Crippen molar-refractivity contribution >= 4 is 58.8 Å². The van der Waals surface area contributed by atoms with Gasteiger partial charge in [-0.2, -0.15) is 0 Å². The van der Waals surface area contributed by atoms with Crippen LogP contribution in [0.5, 0.6) is 5.75 Å². The number of benzene rings is 1. The molecule has 4 fully saturated rings. The van der Waals surface area contributed by atoms with Gasteiger partial charge in [-0.25, -0.2) is 37.4 Å². The second-order valence-corrected chi connectivity index (χ2v) is 27.4. The van der Waals surface area contributed by atoms with Crippen molar-refractivity contribution in [1.82, 2.24) is 38.2 Å². The molecule has 5 aromatic rings. The highest BCUT2D eigenvalue weighted by molar-refractivity contribution is 9.09. The number of carbonyl (C=O) groups is 1. The van der Waals surface area contributed by atoms with E-state index in [4.69, 9.17) is 55.1 Å². The molecule has 39 nitrogen and oxygen atoms in total. The van der Waals surface area contributed by atoms with Crippen LogP contribution in [0, 0.1) is 27.7 Å². The van der Waals surface area contributed by atoms with Gasteiger partial charge in [-0.15, -0.1) is 0 Å². The van der Waals surface area contributed by atoms with E-state index >= 15 is 0 Å². The Hall–Kier alpha value is -6.03. The lowest BCUT2D eigenvalue weighted by Gasteiger charge is -2.25. The Morgan fingerprint density at radius 2 is 0.837 bits per heavy atom. The minimum atomic E-state index is -5.54. The fourth-order valence-corrected chi connectivity index (χ4v) is 13.7. The first-order valence-electron chi connectivity index (χ1n) is 27.3. The molecule has 10 N–H and O–H groups in total. The number of alkyl halides is 1. The van der Waals surface area contributed by atoms with E-state index in [-0.39, 0.29) is 45.4 Å². The number of aromatic nitrogens is 8. The quantitative estimate of drug-likeness (QED) is 0.0257. The third-order valence-corrected chi connectivity index (χ3v) is 18.9. The Morgan fingerprint density at radius 3 is 1.18 bits per heavy atom. The fraction of sp³-hybridized carbons (Fsp3) is 0.521. The number of hydrogen-bond donors (Lipinski definition) is 10. The van der Waals surface area contributed by atoms with Crippen LogP contribution in [-0.4, -0.2) is 149 Å². The van der Waals surface area contributed by atoms with Gasteiger partial charge < -0.3 is 48.6 Å². The van der Waals surface area contributed by atoms with Crippen LogP contribution in [0.1, 0.15) is 72.8 Å². The van der Waals surface area contributed by atoms with Crippen LogP contribution in [0.2, 0.25) is 0 Å². The van der Waals surface area contributed by atoms with Crippen LogP contribution in [0.3, 0.4) is 0 Å². The number of halogens is 1. The van der Waals surface area contributed by atoms with E-state index in [1.807, 2.05) is 0 Å². The molecule has 0 aliphatic carbocycles. The number of phosphoric acid groups is 4. The number of H-pyrrole nitrogens is 4. The third kappa shape index (κ3) is 17.5. The standard InChI is InChI=1S/C48H60BrN9O30P4/c1-22-14-55(45(65)51-41(22)61)37-9-28(59)32(81-37)18-77-90(71,72)86-30-11-39(57-16-24(3)43(63)53-47(57)67)83-34(30)20-79-92(75,76)88-31-12-40(58-17-25(4)44(64)54-48(58)68)84-35(31)21-80-91(73,74)87-29-10-38(56-15-23(2)42(62)52-46(56)66)82-33(29)19-78-89(69,70)85-27-7-5-6-26(8-27)50-36(60)13-49/h5-8,14-17,28-35,37-40,59H,9-13,18-21H2,1-4H3,(H,50,60)(H,69,70)(H,71,72)(H,73,74)(H,75,76)(H,51,61,65)(H,52,62,66)(H,53,63,67)(H,54,64,68). The van der Waals surface area contributed by atoms with Crippen molar-refractivity contribution in [2.75, 3.05) is 37.1 Å². The van der Waals surface area contributed by atoms with Crippen molar-refractivity contribution in [3.05, 3.63) is 155 Å². The van der Waals surface area contributed by atoms with Crippen LogP contribution in [0.4, 0.5) is 5.69 Å². The van der Waals surface area contributed by atoms with Crippen LogP contribution in [-0.2, 0) is 73.7 Å². The molecule has 1 aromatic carbocycles. The minimum Gasteiger partial charge on any atom is -0.404 e. The summed E-state index contributed by atoms with van der Waals surface area (Å²) in [6, 6.07) is 5.28. The number of anilines is 1. The second kappa shape index (κ2) is 28.5. The van der Waals surface area contributed by atoms with Crippen LogP contribution in [0.15, 0.2) is 87.4 Å². The van der Waals surface area contributed by atoms with E-state index in [2.05, 4.69) is 41.2 Å². The fourth-order valence-electron chi connectivity index (χ4n) is 9.89. The Kier molecular flexibility index (Phi) is 21.8. The number of phosphoric ester groups is 4. The zero-order valence-electron chi connectivity index (χ0n) is 48.3. The zero-order valence-corrected chi connectivity index (χ0v) is 53.5. The molecular weight excluding hydrogens is 1390 g/mol. The number of hydrogen-bond acceptors (Lipinski definition) is 26. The normalized spacial score (nSPS) is 27.5. The largest absolute Gasteiger partial charge is 0.527 e. The maximum Gasteiger partial charge on any atom is 0.527 e. The number of amides is 1. The van der Waals surface area contributed by atoms with Crippen molar-refractivity contribution in [2.45, 2.75) is 127 Å². The van der Waals surface area contributed by atoms with E-state index in [1.165, 1.54) is 58.2 Å². The van der Waals surface area contributed by atoms with E-state index in [9.17, 15) is 86.1 Å². The Morgan fingerprint density at radius 1 is 0.522 bits per heavy atom. The van der Waals surface area contributed by atoms with Crippen LogP contribution < -0.4 is 54.8 Å². The number of nitrogens with one attached hydrogen (secondary N) is 5. The maximum atomic E-state index is 14.0. The number of ether oxygens (including phenoxy) is 4. The number of aliphatic hydroxyl groups is 1. The molecule has 16 atom stereocenters. The first-order chi connectivity index (χ1) is 43.1. The van der Waals surface area contributed by atoms with Crippen molar-refractivity contribution in [3.63, 3.8) is 0 Å². The SMILES string of the molecule is Cc1cn(C2CC(O)C(COP(=O)(O)OC3CC(n4cc(C)c(=O)[nH]c4=O)OC3COP(=O)(O)OC3CC(n4cc(C)c(=O)[nH]c4=O)OC3COP(=O)(O)OC3CC(n4cc(C)c(=O)[nH]c4=O)OC3COP(=O)(O)Oc3cccc(NC(=O)CBr)c3)O2)c(=O)[nH]c1=O. The molecule has 4 aliphatic rings. The molecule has 504 valence electrons. The zero-order chi connectivity index (χ0) is 66.9. The second-order valence-electron chi connectivity index (χ2n) is 21.2. The first kappa shape index (κ1) is 70.3. The molecule has 0 saturated carbocycles. The molecule has 4 aliphatic heterocycles. The molecule has 4 aromatic heterocycles. The van der Waals surface area contributed by atoms with Gasteiger partial charge in [0.15, 0.2) is 0 Å². The Bertz CT molecular complexity index is 4300. The predicted octanol–water partition coefficient (Wildman–Crippen LogP) is -0.0322. The summed E-state index contributed by atoms with van der Waals surface area (Å²) in [5.74, 6) is -0.718. The summed E-state index contributed by atoms with van der Waals surface area (Å²) in [6.45, 7) is 1.45. The third-order valence-electron chi connectivity index (χ3n) is 14.4. The minimum absolute atomic E-state index is 0.00812. The molecule has 9 rings (SSSR count). The number of carbonyl (C=O) groups excluding carboxylic acids is 1. The average Bonchev–Trinajstić information content (AvgIpc) is 1.72. The van der Waals surface area contributed by atoms with Crippen molar-refractivity contribution < 1.29 is 103 Å². The molecule has 92 heavy (non-hydrogen) atoms. The molecule has 0 radical (unpaired) electrons. The number of rotatable bonds is 26. The molecule has 16 unspecified atom stereocenters. The van der Waals surface area contributed by atoms with Crippen LogP contribution >= 0.6 is 47.2 Å². The lowest BCUT2D eigenvalue weighted by Crippen LogP contribution is -2.33. The van der Waals surface area contributed by atoms with Crippen molar-refractivity contribution in [1.29, 1.82) is 0 Å². The summed E-state index contributed by atoms with van der Waals surface area (Å²) >= 11 is 3.00. The number of aryl methyl sites for hydroxylation is 4. The lowest BCUT2D eigenvalue weighted by atomic mass is 10.2. The van der Waals surface area contributed by atoms with Gasteiger partial charge in [-0.1, -0.05) is 22.0 Å². The highest BCUT2D eigenvalue weighted by Crippen LogP contribution is 2.54. The highest BCUT2D eigenvalue weighted by atomic mass is 79.9. The van der Waals surface area contributed by atoms with Crippen molar-refractivity contribution in [3.8, 4) is 5.75 Å². The summed E-state index contributed by atoms with van der Waals surface area (Å²) < 4.78 is 125. The molecule has 1 amide bonds. The van der Waals surface area contributed by atoms with E-state index in [0.717, 1.165) is 36.9 Å². The van der Waals surface area contributed by atoms with Gasteiger partial charge >= 0.3 is 54.0 Å². The van der Waals surface area contributed by atoms with Gasteiger partial charge in [0.1, 0.15) is 73.4 Å². The smallest absolute Gasteiger partial charge is 0.404 e. The number of aromatic amines is 4. The van der Waals surface area contributed by atoms with Gasteiger partial charge in [0.2, 0.25) is 5.91 Å². The Labute approximate surface area is 522 Å². The number of nitrogens with zero attached hydrogens (tertiary/aromatic N) is 4. The first-order valence-corrected chi connectivity index (χ1v) is 34.4. The van der Waals surface area contributed by atoms with Gasteiger partial charge in [0.05, 0.1) is 37.9 Å². The van der Waals surface area contributed by atoms with Gasteiger partial charge in [0, 0.05) is 84.5 Å². The van der Waals surface area contributed by atoms with Crippen molar-refractivity contribution in [2.24, 2.45) is 0 Å². The van der Waals surface area contributed by atoms with Gasteiger partial charge in [-0.05, 0) is 39.8 Å². The molecule has 0 bridgehead atoms. The highest BCUT2D eigenvalue weighted by Gasteiger charge is 2.49. The number of aliphatic hydroxyl groups excluding tert-OH is 1. The molecule has 8 heterocycles. The van der Waals surface area contributed by atoms with E-state index in [0.29, 0.717) is 0 Å². The average molecular weight is 1450 g/mol. The summed E-state index contributed by atoms with van der Waals surface area (Å²) in [6.07, 6.45) is -15.9. The monoisotopic (exact) mass is 1450 g/mol. The lowest BCUT2D eigenvalue weighted by molar-refractivity contribution is -0.113. The summed E-state index contributed by atoms with van der Waals surface area (Å²) in [7, 11) is -21.5. The molecular formula is C48H60BrN9O30P4. The van der Waals surface area contributed by atoms with Crippen LogP contribution in [0.25, 0.3) is 0 Å². The molecule has 0 spiro atoms.